The minimum atomic E-state index is -0.0211. The predicted octanol–water partition coefficient (Wildman–Crippen LogP) is 3.14. The Balaban J connectivity index is 1.77. The molecule has 7 nitrogen and oxygen atoms in total. The number of methoxy groups -OCH3 is 2. The molecule has 29 heavy (non-hydrogen) atoms. The van der Waals surface area contributed by atoms with Crippen LogP contribution in [0.5, 0.6) is 11.5 Å². The van der Waals surface area contributed by atoms with Gasteiger partial charge in [0.15, 0.2) is 0 Å². The van der Waals surface area contributed by atoms with Crippen molar-refractivity contribution in [3.63, 3.8) is 0 Å². The smallest absolute Gasteiger partial charge is 0.122 e. The number of hydrogen-bond acceptors (Lipinski definition) is 6. The average molecular weight is 389 g/mol. The van der Waals surface area contributed by atoms with E-state index < -0.39 is 0 Å². The maximum Gasteiger partial charge on any atom is 0.122 e. The van der Waals surface area contributed by atoms with Crippen molar-refractivity contribution in [1.82, 2.24) is 19.7 Å². The zero-order valence-corrected chi connectivity index (χ0v) is 16.7. The van der Waals surface area contributed by atoms with Crippen molar-refractivity contribution in [1.29, 1.82) is 0 Å². The maximum atomic E-state index is 6.16. The largest absolute Gasteiger partial charge is 0.497 e. The van der Waals surface area contributed by atoms with Gasteiger partial charge in [-0.2, -0.15) is 5.10 Å². The molecule has 0 bridgehead atoms. The van der Waals surface area contributed by atoms with Gasteiger partial charge in [-0.1, -0.05) is 6.07 Å². The fraction of sp³-hybridized carbons (Fsp3) is 0.227. The Kier molecular flexibility index (Phi) is 5.14. The summed E-state index contributed by atoms with van der Waals surface area (Å²) in [6, 6.07) is 11.9. The summed E-state index contributed by atoms with van der Waals surface area (Å²) in [4.78, 5) is 9.34. The van der Waals surface area contributed by atoms with E-state index in [1.165, 1.54) is 0 Å². The zero-order valence-electron chi connectivity index (χ0n) is 16.7. The number of aryl methyl sites for hydroxylation is 1. The Morgan fingerprint density at radius 2 is 1.72 bits per heavy atom. The third-order valence-electron chi connectivity index (χ3n) is 4.98. The van der Waals surface area contributed by atoms with Crippen LogP contribution in [0, 0.1) is 0 Å². The van der Waals surface area contributed by atoms with E-state index in [2.05, 4.69) is 10.1 Å². The van der Waals surface area contributed by atoms with Crippen LogP contribution in [0.1, 0.15) is 17.0 Å². The summed E-state index contributed by atoms with van der Waals surface area (Å²) in [7, 11) is 5.16. The van der Waals surface area contributed by atoms with Crippen LogP contribution < -0.4 is 15.2 Å². The summed E-state index contributed by atoms with van der Waals surface area (Å²) in [5, 5.41) is 4.21. The number of nitrogens with zero attached hydrogens (tertiary/aromatic N) is 4. The predicted molar refractivity (Wildman–Crippen MR) is 112 cm³/mol. The molecular formula is C22H23N5O2. The molecule has 0 spiro atoms. The molecule has 0 aliphatic heterocycles. The van der Waals surface area contributed by atoms with Crippen LogP contribution in [0.25, 0.3) is 22.3 Å². The van der Waals surface area contributed by atoms with Crippen molar-refractivity contribution >= 4 is 11.0 Å². The van der Waals surface area contributed by atoms with Crippen molar-refractivity contribution in [2.24, 2.45) is 12.8 Å². The van der Waals surface area contributed by atoms with Gasteiger partial charge in [0, 0.05) is 37.3 Å². The van der Waals surface area contributed by atoms with Crippen molar-refractivity contribution in [3.05, 3.63) is 66.1 Å². The lowest BCUT2D eigenvalue weighted by molar-refractivity contribution is 0.393. The fourth-order valence-electron chi connectivity index (χ4n) is 3.43. The molecule has 2 heterocycles. The highest BCUT2D eigenvalue weighted by Crippen LogP contribution is 2.32. The lowest BCUT2D eigenvalue weighted by atomic mass is 9.90. The summed E-state index contributed by atoms with van der Waals surface area (Å²) in [6.07, 6.45) is 5.47. The van der Waals surface area contributed by atoms with Gasteiger partial charge in [0.2, 0.25) is 0 Å². The van der Waals surface area contributed by atoms with Gasteiger partial charge in [-0.05, 0) is 35.4 Å². The molecule has 4 aromatic rings. The lowest BCUT2D eigenvalue weighted by Crippen LogP contribution is -2.14. The van der Waals surface area contributed by atoms with Gasteiger partial charge in [-0.3, -0.25) is 9.67 Å². The number of rotatable bonds is 6. The van der Waals surface area contributed by atoms with Crippen LogP contribution in [-0.4, -0.2) is 40.5 Å². The van der Waals surface area contributed by atoms with Crippen LogP contribution >= 0.6 is 0 Å². The third-order valence-corrected chi connectivity index (χ3v) is 4.98. The highest BCUT2D eigenvalue weighted by molar-refractivity contribution is 5.78. The summed E-state index contributed by atoms with van der Waals surface area (Å²) >= 11 is 0. The third kappa shape index (κ3) is 3.77. The molecule has 2 aromatic carbocycles. The van der Waals surface area contributed by atoms with E-state index in [0.717, 1.165) is 44.9 Å². The summed E-state index contributed by atoms with van der Waals surface area (Å²) < 4.78 is 12.6. The minimum absolute atomic E-state index is 0.0211. The Bertz CT molecular complexity index is 1130. The van der Waals surface area contributed by atoms with Crippen LogP contribution in [0.4, 0.5) is 0 Å². The molecule has 0 aliphatic rings. The second kappa shape index (κ2) is 7.89. The molecular weight excluding hydrogens is 366 g/mol. The van der Waals surface area contributed by atoms with E-state index >= 15 is 0 Å². The quantitative estimate of drug-likeness (QED) is 0.545. The number of ether oxygens (including phenoxy) is 2. The van der Waals surface area contributed by atoms with E-state index in [0.29, 0.717) is 6.54 Å². The van der Waals surface area contributed by atoms with Crippen molar-refractivity contribution < 1.29 is 9.47 Å². The van der Waals surface area contributed by atoms with E-state index in [9.17, 15) is 0 Å². The van der Waals surface area contributed by atoms with Crippen molar-refractivity contribution in [2.45, 2.75) is 5.92 Å². The second-order valence-corrected chi connectivity index (χ2v) is 6.84. The Morgan fingerprint density at radius 1 is 0.966 bits per heavy atom. The molecule has 2 N–H and O–H groups in total. The summed E-state index contributed by atoms with van der Waals surface area (Å²) in [6.45, 7) is 0.442. The molecule has 0 fully saturated rings. The molecule has 148 valence electrons. The van der Waals surface area contributed by atoms with Gasteiger partial charge >= 0.3 is 0 Å². The average Bonchev–Trinajstić information content (AvgIpc) is 3.19. The molecule has 0 aliphatic carbocycles. The Morgan fingerprint density at radius 3 is 2.34 bits per heavy atom. The van der Waals surface area contributed by atoms with Gasteiger partial charge in [-0.15, -0.1) is 0 Å². The van der Waals surface area contributed by atoms with Gasteiger partial charge in [0.05, 0.1) is 43.3 Å². The van der Waals surface area contributed by atoms with Crippen LogP contribution in [0.15, 0.2) is 55.0 Å². The molecule has 1 atom stereocenters. The fourth-order valence-corrected chi connectivity index (χ4v) is 3.43. The van der Waals surface area contributed by atoms with Crippen molar-refractivity contribution in [3.8, 4) is 22.8 Å². The molecule has 0 saturated heterocycles. The number of hydrogen-bond donors (Lipinski definition) is 1. The van der Waals surface area contributed by atoms with E-state index in [4.69, 9.17) is 20.2 Å². The molecule has 0 radical (unpaired) electrons. The van der Waals surface area contributed by atoms with Gasteiger partial charge in [-0.25, -0.2) is 4.98 Å². The molecule has 0 amide bonds. The first kappa shape index (κ1) is 18.9. The standard InChI is InChI=1S/C22H23N5O2/c1-27-13-16(11-25-27)22-12-24-20-5-4-14(8-21(20)26-22)19(10-23)15-6-17(28-2)9-18(7-15)29-3/h4-9,11-13,19H,10,23H2,1-3H3. The second-order valence-electron chi connectivity index (χ2n) is 6.84. The maximum absolute atomic E-state index is 6.16. The van der Waals surface area contributed by atoms with Crippen molar-refractivity contribution in [2.75, 3.05) is 20.8 Å². The molecule has 7 heteroatoms. The van der Waals surface area contributed by atoms with Crippen LogP contribution in [-0.2, 0) is 7.05 Å². The first-order valence-corrected chi connectivity index (χ1v) is 9.30. The number of fused-ring (bicyclic) bond motifs is 1. The van der Waals surface area contributed by atoms with Gasteiger partial charge in [0.25, 0.3) is 0 Å². The Hall–Kier alpha value is -3.45. The monoisotopic (exact) mass is 389 g/mol. The summed E-state index contributed by atoms with van der Waals surface area (Å²) in [5.74, 6) is 1.45. The topological polar surface area (TPSA) is 88.1 Å². The summed E-state index contributed by atoms with van der Waals surface area (Å²) in [5.41, 5.74) is 11.6. The van der Waals surface area contributed by atoms with Gasteiger partial charge in [0.1, 0.15) is 11.5 Å². The first-order valence-electron chi connectivity index (χ1n) is 9.30. The molecule has 1 unspecified atom stereocenters. The van der Waals surface area contributed by atoms with Gasteiger partial charge < -0.3 is 15.2 Å². The Labute approximate surface area is 169 Å². The lowest BCUT2D eigenvalue weighted by Gasteiger charge is -2.18. The molecule has 2 aromatic heterocycles. The van der Waals surface area contributed by atoms with E-state index in [1.54, 1.807) is 31.3 Å². The van der Waals surface area contributed by atoms with Crippen LogP contribution in [0.3, 0.4) is 0 Å². The van der Waals surface area contributed by atoms with Crippen LogP contribution in [0.2, 0.25) is 0 Å². The normalized spacial score (nSPS) is 12.1. The molecule has 4 rings (SSSR count). The number of aromatic nitrogens is 4. The number of nitrogens with two attached hydrogens (primary N) is 1. The van der Waals surface area contributed by atoms with E-state index in [-0.39, 0.29) is 5.92 Å². The number of benzene rings is 2. The first-order chi connectivity index (χ1) is 14.1. The zero-order chi connectivity index (χ0) is 20.4. The highest BCUT2D eigenvalue weighted by atomic mass is 16.5. The highest BCUT2D eigenvalue weighted by Gasteiger charge is 2.16. The molecule has 0 saturated carbocycles. The minimum Gasteiger partial charge on any atom is -0.497 e. The van der Waals surface area contributed by atoms with E-state index in [1.807, 2.05) is 49.6 Å². The SMILES string of the molecule is COc1cc(OC)cc(C(CN)c2ccc3ncc(-c4cnn(C)c4)nc3c2)c1.